The van der Waals surface area contributed by atoms with Crippen LogP contribution in [-0.2, 0) is 23.7 Å². The molecule has 0 saturated heterocycles. The van der Waals surface area contributed by atoms with Crippen molar-refractivity contribution in [2.24, 2.45) is 44.6 Å². The molecule has 3 saturated carbocycles. The Morgan fingerprint density at radius 1 is 1.05 bits per heavy atom. The van der Waals surface area contributed by atoms with E-state index in [1.807, 2.05) is 7.11 Å². The van der Waals surface area contributed by atoms with Crippen LogP contribution >= 0.6 is 0 Å². The van der Waals surface area contributed by atoms with E-state index < -0.39 is 0 Å². The van der Waals surface area contributed by atoms with E-state index in [2.05, 4.69) is 67.1 Å². The summed E-state index contributed by atoms with van der Waals surface area (Å²) in [7, 11) is 3.19. The molecule has 0 bridgehead atoms. The predicted molar refractivity (Wildman–Crippen MR) is 168 cm³/mol. The van der Waals surface area contributed by atoms with Crippen LogP contribution in [0.15, 0.2) is 11.3 Å². The average molecular weight is 591 g/mol. The summed E-state index contributed by atoms with van der Waals surface area (Å²) in [6.07, 6.45) is 10.3. The van der Waals surface area contributed by atoms with Crippen molar-refractivity contribution in [2.45, 2.75) is 133 Å². The van der Waals surface area contributed by atoms with Gasteiger partial charge < -0.3 is 24.7 Å². The Balaban J connectivity index is 0.00000144. The first-order chi connectivity index (χ1) is 19.5. The van der Waals surface area contributed by atoms with Crippen molar-refractivity contribution in [1.29, 1.82) is 5.26 Å². The van der Waals surface area contributed by atoms with Gasteiger partial charge in [0.15, 0.2) is 0 Å². The first-order valence-corrected chi connectivity index (χ1v) is 16.1. The number of hydrogen-bond acceptors (Lipinski definition) is 7. The highest BCUT2D eigenvalue weighted by Crippen LogP contribution is 2.78. The molecule has 7 unspecified atom stereocenters. The number of ether oxygens (including phenoxy) is 4. The molecule has 2 N–H and O–H groups in total. The summed E-state index contributed by atoms with van der Waals surface area (Å²) in [6, 6.07) is 0. The van der Waals surface area contributed by atoms with Gasteiger partial charge >= 0.3 is 5.97 Å². The summed E-state index contributed by atoms with van der Waals surface area (Å²) >= 11 is 0. The van der Waals surface area contributed by atoms with Crippen LogP contribution < -0.4 is 5.73 Å². The van der Waals surface area contributed by atoms with Crippen LogP contribution in [0.1, 0.15) is 121 Å². The summed E-state index contributed by atoms with van der Waals surface area (Å²) in [5, 5.41) is 7.40. The quantitative estimate of drug-likeness (QED) is 0.149. The van der Waals surface area contributed by atoms with Crippen LogP contribution in [0, 0.1) is 50.4 Å². The Hall–Kier alpha value is -1.78. The molecule has 0 heterocycles. The molecule has 42 heavy (non-hydrogen) atoms. The topological polar surface area (TPSA) is 104 Å². The molecular formula is C35H62N2O5. The molecule has 0 amide bonds. The molecular weight excluding hydrogens is 528 g/mol. The molecule has 0 aromatic heterocycles. The summed E-state index contributed by atoms with van der Waals surface area (Å²) in [5.41, 5.74) is 8.25. The molecule has 3 aliphatic carbocycles. The van der Waals surface area contributed by atoms with Gasteiger partial charge in [0.05, 0.1) is 25.6 Å². The lowest BCUT2D eigenvalue weighted by Gasteiger charge is -2.51. The predicted octanol–water partition coefficient (Wildman–Crippen LogP) is 7.78. The van der Waals surface area contributed by atoms with Crippen molar-refractivity contribution in [3.8, 4) is 6.26 Å². The first-order valence-electron chi connectivity index (χ1n) is 16.1. The van der Waals surface area contributed by atoms with Crippen molar-refractivity contribution in [3.63, 3.8) is 0 Å². The zero-order valence-corrected chi connectivity index (χ0v) is 28.9. The number of rotatable bonds is 11. The summed E-state index contributed by atoms with van der Waals surface area (Å²) in [5.74, 6) is 1.78. The minimum absolute atomic E-state index is 0.0230. The number of methoxy groups -OCH3 is 2. The summed E-state index contributed by atoms with van der Waals surface area (Å²) in [4.78, 5) is 11.9. The van der Waals surface area contributed by atoms with E-state index in [-0.39, 0.29) is 45.3 Å². The third-order valence-corrected chi connectivity index (χ3v) is 12.2. The molecule has 1 spiro atoms. The number of nitrogens with two attached hydrogens (primary N) is 1. The van der Waals surface area contributed by atoms with Gasteiger partial charge in [-0.25, -0.2) is 0 Å². The van der Waals surface area contributed by atoms with Gasteiger partial charge in [-0.05, 0) is 98.5 Å². The van der Waals surface area contributed by atoms with Crippen molar-refractivity contribution < 1.29 is 23.7 Å². The normalized spacial score (nSPS) is 35.8. The standard InChI is InChI=1S/C33H59NO4.C2H3NO/c1-12-25(22(2)3)37-20-24-26(36-11)19-29(5,6)32(24,10)17-16-31(9)21-33(31)15-13-28(38-23(4)35)30(7,8)27(33)14-18-34;1-4-2-3/h24,26-28H,12-21,34H2,1-11H3;1H3. The number of hydrogen-bond donors (Lipinski definition) is 1. The Bertz CT molecular complexity index is 996. The second-order valence-corrected chi connectivity index (χ2v) is 15.3. The first kappa shape index (κ1) is 36.4. The number of allylic oxidation sites excluding steroid dienone is 2. The molecule has 7 nitrogen and oxygen atoms in total. The Morgan fingerprint density at radius 3 is 2.14 bits per heavy atom. The van der Waals surface area contributed by atoms with Gasteiger partial charge in [-0.3, -0.25) is 4.79 Å². The highest BCUT2D eigenvalue weighted by atomic mass is 16.5. The zero-order chi connectivity index (χ0) is 32.1. The van der Waals surface area contributed by atoms with Crippen molar-refractivity contribution in [2.75, 3.05) is 27.4 Å². The number of esters is 1. The van der Waals surface area contributed by atoms with E-state index in [1.165, 1.54) is 45.1 Å². The Labute approximate surface area is 257 Å². The largest absolute Gasteiger partial charge is 0.498 e. The minimum Gasteiger partial charge on any atom is -0.498 e. The molecule has 0 aromatic carbocycles. The molecule has 3 aliphatic rings. The van der Waals surface area contributed by atoms with Crippen molar-refractivity contribution in [1.82, 2.24) is 0 Å². The Morgan fingerprint density at radius 2 is 1.67 bits per heavy atom. The third kappa shape index (κ3) is 6.96. The minimum atomic E-state index is -0.166. The summed E-state index contributed by atoms with van der Waals surface area (Å²) in [6.45, 7) is 24.0. The van der Waals surface area contributed by atoms with Crippen molar-refractivity contribution >= 4 is 5.97 Å². The lowest BCUT2D eigenvalue weighted by atomic mass is 9.56. The van der Waals surface area contributed by atoms with Gasteiger partial charge in [-0.15, -0.1) is 0 Å². The molecule has 3 rings (SSSR count). The van der Waals surface area contributed by atoms with Gasteiger partial charge in [0.2, 0.25) is 0 Å². The molecule has 7 atom stereocenters. The molecule has 0 radical (unpaired) electrons. The smallest absolute Gasteiger partial charge is 0.302 e. The van der Waals surface area contributed by atoms with Crippen LogP contribution in [0.25, 0.3) is 0 Å². The SMILES string of the molecule is CCC(OCC1C(OC)CC(C)(C)C1(C)CCC1(C)CC12CCC(OC(C)=O)C(C)(C)C2CCN)=C(C)C.COC#N. The number of carbonyl (C=O) groups excluding carboxylic acids is 1. The maximum atomic E-state index is 11.9. The van der Waals surface area contributed by atoms with Gasteiger partial charge in [0, 0.05) is 31.8 Å². The fourth-order valence-electron chi connectivity index (χ4n) is 9.20. The van der Waals surface area contributed by atoms with Crippen LogP contribution in [0.4, 0.5) is 0 Å². The van der Waals surface area contributed by atoms with E-state index in [0.29, 0.717) is 18.4 Å². The van der Waals surface area contributed by atoms with E-state index in [1.54, 1.807) is 0 Å². The average Bonchev–Trinajstić information content (AvgIpc) is 3.45. The van der Waals surface area contributed by atoms with Gasteiger partial charge in [0.25, 0.3) is 6.26 Å². The fraction of sp³-hybridized carbons (Fsp3) is 0.886. The summed E-state index contributed by atoms with van der Waals surface area (Å²) < 4.78 is 22.3. The van der Waals surface area contributed by atoms with E-state index in [4.69, 9.17) is 25.2 Å². The molecule has 0 aliphatic heterocycles. The van der Waals surface area contributed by atoms with Gasteiger partial charge in [0.1, 0.15) is 6.10 Å². The second kappa shape index (κ2) is 13.9. The fourth-order valence-corrected chi connectivity index (χ4v) is 9.20. The van der Waals surface area contributed by atoms with Gasteiger partial charge in [-0.1, -0.05) is 48.5 Å². The zero-order valence-electron chi connectivity index (χ0n) is 28.9. The second-order valence-electron chi connectivity index (χ2n) is 15.3. The maximum Gasteiger partial charge on any atom is 0.302 e. The van der Waals surface area contributed by atoms with Crippen LogP contribution in [0.3, 0.4) is 0 Å². The van der Waals surface area contributed by atoms with E-state index in [0.717, 1.165) is 44.5 Å². The maximum absolute atomic E-state index is 11.9. The van der Waals surface area contributed by atoms with Crippen molar-refractivity contribution in [3.05, 3.63) is 11.3 Å². The number of carbonyl (C=O) groups is 1. The third-order valence-electron chi connectivity index (χ3n) is 12.2. The monoisotopic (exact) mass is 590 g/mol. The van der Waals surface area contributed by atoms with Gasteiger partial charge in [-0.2, -0.15) is 5.26 Å². The highest BCUT2D eigenvalue weighted by molar-refractivity contribution is 5.66. The molecule has 3 fully saturated rings. The highest BCUT2D eigenvalue weighted by Gasteiger charge is 2.72. The van der Waals surface area contributed by atoms with Crippen LogP contribution in [0.2, 0.25) is 0 Å². The number of nitriles is 1. The molecule has 7 heteroatoms. The van der Waals surface area contributed by atoms with Crippen LogP contribution in [0.5, 0.6) is 0 Å². The lowest BCUT2D eigenvalue weighted by molar-refractivity contribution is -0.165. The van der Waals surface area contributed by atoms with E-state index in [9.17, 15) is 4.79 Å². The molecule has 242 valence electrons. The Kier molecular flexibility index (Phi) is 12.0. The molecule has 0 aromatic rings. The van der Waals surface area contributed by atoms with Crippen LogP contribution in [-0.4, -0.2) is 45.5 Å². The lowest BCUT2D eigenvalue weighted by Crippen LogP contribution is -2.50. The van der Waals surface area contributed by atoms with E-state index >= 15 is 0 Å². The number of nitrogens with zero attached hydrogens (tertiary/aromatic N) is 1.